The van der Waals surface area contributed by atoms with Gasteiger partial charge in [0.2, 0.25) is 0 Å². The van der Waals surface area contributed by atoms with E-state index in [2.05, 4.69) is 98.2 Å². The third-order valence-electron chi connectivity index (χ3n) is 6.12. The van der Waals surface area contributed by atoms with Crippen LogP contribution in [0.25, 0.3) is 0 Å². The van der Waals surface area contributed by atoms with Gasteiger partial charge in [0.1, 0.15) is 0 Å². The minimum Gasteiger partial charge on any atom is -0.0998 e. The van der Waals surface area contributed by atoms with Crippen molar-refractivity contribution in [2.45, 2.75) is 60.8 Å². The number of benzene rings is 1. The molecule has 0 bridgehead atoms. The summed E-state index contributed by atoms with van der Waals surface area (Å²) in [4.78, 5) is 0. The second-order valence-electron chi connectivity index (χ2n) is 9.32. The molecule has 0 fully saturated rings. The Balaban J connectivity index is 3.15. The molecule has 0 spiro atoms. The van der Waals surface area contributed by atoms with Crippen molar-refractivity contribution in [3.05, 3.63) is 84.5 Å². The fourth-order valence-electron chi connectivity index (χ4n) is 4.19. The zero-order valence-corrected chi connectivity index (χ0v) is 19.2. The Hall–Kier alpha value is -1.82. The Labute approximate surface area is 175 Å². The largest absolute Gasteiger partial charge is 0.0998 e. The molecule has 0 aliphatic heterocycles. The molecule has 4 atom stereocenters. The van der Waals surface area contributed by atoms with Crippen molar-refractivity contribution in [2.75, 3.05) is 0 Å². The van der Waals surface area contributed by atoms with Gasteiger partial charge in [-0.05, 0) is 68.3 Å². The zero-order chi connectivity index (χ0) is 21.4. The van der Waals surface area contributed by atoms with Crippen LogP contribution >= 0.6 is 0 Å². The van der Waals surface area contributed by atoms with Gasteiger partial charge in [-0.25, -0.2) is 0 Å². The molecule has 1 rings (SSSR count). The van der Waals surface area contributed by atoms with Gasteiger partial charge < -0.3 is 0 Å². The molecule has 0 amide bonds. The van der Waals surface area contributed by atoms with E-state index in [1.165, 1.54) is 27.9 Å². The monoisotopic (exact) mass is 378 g/mol. The van der Waals surface area contributed by atoms with E-state index in [4.69, 9.17) is 0 Å². The van der Waals surface area contributed by atoms with Crippen molar-refractivity contribution < 1.29 is 0 Å². The van der Waals surface area contributed by atoms with Gasteiger partial charge >= 0.3 is 0 Å². The van der Waals surface area contributed by atoms with Crippen molar-refractivity contribution in [3.63, 3.8) is 0 Å². The molecule has 0 nitrogen and oxygen atoms in total. The molecule has 0 aliphatic carbocycles. The molecule has 28 heavy (non-hydrogen) atoms. The normalized spacial score (nSPS) is 15.5. The van der Waals surface area contributed by atoms with E-state index < -0.39 is 0 Å². The highest BCUT2D eigenvalue weighted by atomic mass is 14.3. The molecule has 0 aromatic heterocycles. The van der Waals surface area contributed by atoms with Gasteiger partial charge in [0, 0.05) is 0 Å². The smallest absolute Gasteiger partial charge is 0.00998 e. The third kappa shape index (κ3) is 7.30. The minimum atomic E-state index is 0.391. The van der Waals surface area contributed by atoms with Crippen LogP contribution in [-0.4, -0.2) is 0 Å². The van der Waals surface area contributed by atoms with Gasteiger partial charge in [0.05, 0.1) is 0 Å². The summed E-state index contributed by atoms with van der Waals surface area (Å²) in [6.45, 7) is 31.0. The highest BCUT2D eigenvalue weighted by Crippen LogP contribution is 2.40. The summed E-state index contributed by atoms with van der Waals surface area (Å²) in [5, 5.41) is 0. The number of hydrogen-bond acceptors (Lipinski definition) is 0. The van der Waals surface area contributed by atoms with Crippen LogP contribution in [0.3, 0.4) is 0 Å². The van der Waals surface area contributed by atoms with E-state index in [0.29, 0.717) is 29.6 Å². The first-order valence-electron chi connectivity index (χ1n) is 10.7. The summed E-state index contributed by atoms with van der Waals surface area (Å²) < 4.78 is 0. The van der Waals surface area contributed by atoms with E-state index in [1.807, 2.05) is 0 Å². The third-order valence-corrected chi connectivity index (χ3v) is 6.12. The lowest BCUT2D eigenvalue weighted by Crippen LogP contribution is -2.26. The summed E-state index contributed by atoms with van der Waals surface area (Å²) in [7, 11) is 0. The van der Waals surface area contributed by atoms with E-state index >= 15 is 0 Å². The first-order chi connectivity index (χ1) is 13.0. The fraction of sp³-hybridized carbons (Fsp3) is 0.500. The topological polar surface area (TPSA) is 0 Å². The molecule has 0 heterocycles. The fourth-order valence-corrected chi connectivity index (χ4v) is 4.19. The van der Waals surface area contributed by atoms with Gasteiger partial charge in [0.15, 0.2) is 0 Å². The Morgan fingerprint density at radius 1 is 0.821 bits per heavy atom. The van der Waals surface area contributed by atoms with Crippen LogP contribution in [0.4, 0.5) is 0 Å². The Morgan fingerprint density at radius 3 is 1.86 bits per heavy atom. The highest BCUT2D eigenvalue weighted by molar-refractivity contribution is 5.24. The molecule has 0 radical (unpaired) electrons. The maximum Gasteiger partial charge on any atom is -0.00998 e. The number of allylic oxidation sites excluding steroid dienone is 4. The van der Waals surface area contributed by atoms with E-state index in [9.17, 15) is 0 Å². The van der Waals surface area contributed by atoms with E-state index in [0.717, 1.165) is 19.3 Å². The Bertz CT molecular complexity index is 673. The summed E-state index contributed by atoms with van der Waals surface area (Å²) in [5.74, 6) is 2.27. The molecular formula is C28H42. The summed E-state index contributed by atoms with van der Waals surface area (Å²) in [5.41, 5.74) is 6.43. The lowest BCUT2D eigenvalue weighted by atomic mass is 9.69. The average Bonchev–Trinajstić information content (AvgIpc) is 2.62. The first-order valence-corrected chi connectivity index (χ1v) is 10.7. The molecule has 0 unspecified atom stereocenters. The van der Waals surface area contributed by atoms with Crippen molar-refractivity contribution in [1.29, 1.82) is 0 Å². The second-order valence-corrected chi connectivity index (χ2v) is 9.32. The Morgan fingerprint density at radius 2 is 1.39 bits per heavy atom. The second kappa shape index (κ2) is 11.2. The van der Waals surface area contributed by atoms with Crippen molar-refractivity contribution in [3.8, 4) is 0 Å². The maximum absolute atomic E-state index is 4.64. The molecule has 1 aromatic rings. The first kappa shape index (κ1) is 24.2. The van der Waals surface area contributed by atoms with E-state index in [1.54, 1.807) is 0 Å². The molecule has 0 heteroatoms. The van der Waals surface area contributed by atoms with Gasteiger partial charge in [-0.15, -0.1) is 0 Å². The van der Waals surface area contributed by atoms with Gasteiger partial charge in [-0.1, -0.05) is 107 Å². The van der Waals surface area contributed by atoms with Gasteiger partial charge in [-0.3, -0.25) is 0 Å². The summed E-state index contributed by atoms with van der Waals surface area (Å²) >= 11 is 0. The van der Waals surface area contributed by atoms with Crippen LogP contribution in [0, 0.1) is 29.6 Å². The molecular weight excluding hydrogens is 336 g/mol. The van der Waals surface area contributed by atoms with Crippen LogP contribution in [0.2, 0.25) is 0 Å². The van der Waals surface area contributed by atoms with Crippen molar-refractivity contribution >= 4 is 0 Å². The standard InChI is InChI=1S/C28H42/c1-19(2)16-22(7)27(17-20(3)4)24(9)25(10)28(23(8)21(5)6)18-26-14-12-11-13-15-26/h11-15,20,23-24,27-28H,1,5,7,10,16-18H2,2-4,6,8-9H3/t23-,24+,27+,28-/m1/s1. The van der Waals surface area contributed by atoms with Crippen LogP contribution < -0.4 is 0 Å². The summed E-state index contributed by atoms with van der Waals surface area (Å²) in [6.07, 6.45) is 3.07. The van der Waals surface area contributed by atoms with Crippen LogP contribution in [0.5, 0.6) is 0 Å². The van der Waals surface area contributed by atoms with E-state index in [-0.39, 0.29) is 0 Å². The number of hydrogen-bond donors (Lipinski definition) is 0. The molecule has 0 saturated heterocycles. The van der Waals surface area contributed by atoms with Crippen LogP contribution in [0.1, 0.15) is 59.9 Å². The maximum atomic E-state index is 4.64. The lowest BCUT2D eigenvalue weighted by Gasteiger charge is -2.35. The lowest BCUT2D eigenvalue weighted by molar-refractivity contribution is 0.329. The molecule has 154 valence electrons. The Kier molecular flexibility index (Phi) is 9.73. The minimum absolute atomic E-state index is 0.391. The SMILES string of the molecule is C=C(C)CC(=C)[C@H](CC(C)C)[C@@H](C)C(=C)[C@H](Cc1ccccc1)[C@H](C)C(=C)C. The summed E-state index contributed by atoms with van der Waals surface area (Å²) in [6, 6.07) is 10.8. The van der Waals surface area contributed by atoms with Gasteiger partial charge in [0.25, 0.3) is 0 Å². The van der Waals surface area contributed by atoms with Crippen molar-refractivity contribution in [1.82, 2.24) is 0 Å². The highest BCUT2D eigenvalue weighted by Gasteiger charge is 2.30. The predicted molar refractivity (Wildman–Crippen MR) is 127 cm³/mol. The van der Waals surface area contributed by atoms with Gasteiger partial charge in [-0.2, -0.15) is 0 Å². The molecule has 1 aromatic carbocycles. The molecule has 0 aliphatic rings. The predicted octanol–water partition coefficient (Wildman–Crippen LogP) is 8.43. The quantitative estimate of drug-likeness (QED) is 0.320. The average molecular weight is 379 g/mol. The van der Waals surface area contributed by atoms with Crippen LogP contribution in [0.15, 0.2) is 78.9 Å². The molecule has 0 saturated carbocycles. The number of rotatable bonds is 12. The zero-order valence-electron chi connectivity index (χ0n) is 19.2. The van der Waals surface area contributed by atoms with Crippen molar-refractivity contribution in [2.24, 2.45) is 29.6 Å². The van der Waals surface area contributed by atoms with Crippen LogP contribution in [-0.2, 0) is 6.42 Å². The molecule has 0 N–H and O–H groups in total.